The second-order valence-corrected chi connectivity index (χ2v) is 4.84. The zero-order valence-corrected chi connectivity index (χ0v) is 11.8. The van der Waals surface area contributed by atoms with Gasteiger partial charge >= 0.3 is 0 Å². The maximum Gasteiger partial charge on any atom is 0.219 e. The first-order valence-electron chi connectivity index (χ1n) is 6.55. The standard InChI is InChI=1S/C15H19N3O2/c1-10-15(13-5-3-4-12(8-13)9-19)11(2)18(17-10)7-6-14(16)20/h3-5,8,19H,6-7,9H2,1-2H3,(H2,16,20). The van der Waals surface area contributed by atoms with Crippen LogP contribution in [0.15, 0.2) is 24.3 Å². The summed E-state index contributed by atoms with van der Waals surface area (Å²) in [6.45, 7) is 4.42. The number of carbonyl (C=O) groups excluding carboxylic acids is 1. The highest BCUT2D eigenvalue weighted by atomic mass is 16.3. The van der Waals surface area contributed by atoms with Crippen molar-refractivity contribution in [2.75, 3.05) is 0 Å². The van der Waals surface area contributed by atoms with E-state index in [9.17, 15) is 9.90 Å². The van der Waals surface area contributed by atoms with E-state index in [4.69, 9.17) is 5.73 Å². The van der Waals surface area contributed by atoms with Crippen molar-refractivity contribution in [3.63, 3.8) is 0 Å². The van der Waals surface area contributed by atoms with E-state index in [1.54, 1.807) is 4.68 Å². The van der Waals surface area contributed by atoms with Gasteiger partial charge in [0.1, 0.15) is 0 Å². The van der Waals surface area contributed by atoms with Crippen LogP contribution in [0.4, 0.5) is 0 Å². The van der Waals surface area contributed by atoms with Crippen molar-refractivity contribution in [3.8, 4) is 11.1 Å². The zero-order valence-electron chi connectivity index (χ0n) is 11.8. The molecule has 0 saturated carbocycles. The van der Waals surface area contributed by atoms with E-state index in [1.807, 2.05) is 38.1 Å². The Morgan fingerprint density at radius 3 is 2.80 bits per heavy atom. The number of aliphatic hydroxyl groups is 1. The molecule has 0 unspecified atom stereocenters. The van der Waals surface area contributed by atoms with Gasteiger partial charge in [0.25, 0.3) is 0 Å². The molecule has 0 spiro atoms. The molecule has 5 heteroatoms. The second kappa shape index (κ2) is 5.88. The van der Waals surface area contributed by atoms with Crippen LogP contribution in [0, 0.1) is 13.8 Å². The third kappa shape index (κ3) is 2.88. The summed E-state index contributed by atoms with van der Waals surface area (Å²) in [5, 5.41) is 13.7. The van der Waals surface area contributed by atoms with Crippen LogP contribution in [0.3, 0.4) is 0 Å². The molecule has 0 radical (unpaired) electrons. The number of aryl methyl sites for hydroxylation is 2. The van der Waals surface area contributed by atoms with E-state index in [-0.39, 0.29) is 18.9 Å². The minimum atomic E-state index is -0.332. The van der Waals surface area contributed by atoms with E-state index in [0.717, 1.165) is 28.1 Å². The number of benzene rings is 1. The summed E-state index contributed by atoms with van der Waals surface area (Å²) in [5.41, 5.74) is 10.0. The molecule has 1 amide bonds. The quantitative estimate of drug-likeness (QED) is 0.867. The molecule has 106 valence electrons. The first kappa shape index (κ1) is 14.3. The fourth-order valence-electron chi connectivity index (χ4n) is 2.37. The van der Waals surface area contributed by atoms with E-state index in [1.165, 1.54) is 0 Å². The summed E-state index contributed by atoms with van der Waals surface area (Å²) in [5.74, 6) is -0.332. The number of aromatic nitrogens is 2. The third-order valence-corrected chi connectivity index (χ3v) is 3.35. The highest BCUT2D eigenvalue weighted by molar-refractivity contribution is 5.73. The molecule has 1 heterocycles. The average Bonchev–Trinajstić information content (AvgIpc) is 2.71. The number of hydrogen-bond donors (Lipinski definition) is 2. The van der Waals surface area contributed by atoms with Crippen molar-refractivity contribution >= 4 is 5.91 Å². The summed E-state index contributed by atoms with van der Waals surface area (Å²) >= 11 is 0. The number of primary amides is 1. The van der Waals surface area contributed by atoms with Crippen LogP contribution >= 0.6 is 0 Å². The minimum absolute atomic E-state index is 0.0156. The molecule has 5 nitrogen and oxygen atoms in total. The van der Waals surface area contributed by atoms with Gasteiger partial charge in [0, 0.05) is 24.2 Å². The summed E-state index contributed by atoms with van der Waals surface area (Å²) < 4.78 is 1.81. The number of carbonyl (C=O) groups is 1. The third-order valence-electron chi connectivity index (χ3n) is 3.35. The maximum absolute atomic E-state index is 10.9. The fraction of sp³-hybridized carbons (Fsp3) is 0.333. The fourth-order valence-corrected chi connectivity index (χ4v) is 2.37. The maximum atomic E-state index is 10.9. The van der Waals surface area contributed by atoms with E-state index >= 15 is 0 Å². The van der Waals surface area contributed by atoms with Gasteiger partial charge in [-0.05, 0) is 31.0 Å². The van der Waals surface area contributed by atoms with Gasteiger partial charge in [0.05, 0.1) is 12.3 Å². The van der Waals surface area contributed by atoms with Crippen molar-refractivity contribution in [1.82, 2.24) is 9.78 Å². The predicted octanol–water partition coefficient (Wildman–Crippen LogP) is 1.53. The molecular weight excluding hydrogens is 254 g/mol. The van der Waals surface area contributed by atoms with E-state index in [0.29, 0.717) is 6.54 Å². The molecule has 0 fully saturated rings. The van der Waals surface area contributed by atoms with Gasteiger partial charge in [0.15, 0.2) is 0 Å². The molecule has 0 bridgehead atoms. The van der Waals surface area contributed by atoms with Crippen molar-refractivity contribution in [3.05, 3.63) is 41.2 Å². The van der Waals surface area contributed by atoms with Gasteiger partial charge < -0.3 is 10.8 Å². The van der Waals surface area contributed by atoms with Crippen LogP contribution in [-0.2, 0) is 17.9 Å². The summed E-state index contributed by atoms with van der Waals surface area (Å²) in [7, 11) is 0. The zero-order chi connectivity index (χ0) is 14.7. The van der Waals surface area contributed by atoms with Crippen molar-refractivity contribution in [2.45, 2.75) is 33.4 Å². The molecule has 2 aromatic rings. The molecule has 0 saturated heterocycles. The SMILES string of the molecule is Cc1nn(CCC(N)=O)c(C)c1-c1cccc(CO)c1. The molecule has 1 aromatic carbocycles. The van der Waals surface area contributed by atoms with Crippen molar-refractivity contribution < 1.29 is 9.90 Å². The molecule has 3 N–H and O–H groups in total. The Bertz CT molecular complexity index is 632. The lowest BCUT2D eigenvalue weighted by Gasteiger charge is -2.06. The Balaban J connectivity index is 2.38. The Kier molecular flexibility index (Phi) is 4.20. The Morgan fingerprint density at radius 2 is 2.15 bits per heavy atom. The number of nitrogens with two attached hydrogens (primary N) is 1. The normalized spacial score (nSPS) is 10.8. The highest BCUT2D eigenvalue weighted by Gasteiger charge is 2.14. The summed E-state index contributed by atoms with van der Waals surface area (Å²) in [6.07, 6.45) is 0.276. The molecular formula is C15H19N3O2. The van der Waals surface area contributed by atoms with Crippen molar-refractivity contribution in [1.29, 1.82) is 0 Å². The minimum Gasteiger partial charge on any atom is -0.392 e. The van der Waals surface area contributed by atoms with Crippen molar-refractivity contribution in [2.24, 2.45) is 5.73 Å². The molecule has 1 aromatic heterocycles. The Morgan fingerprint density at radius 1 is 1.40 bits per heavy atom. The number of amides is 1. The Hall–Kier alpha value is -2.14. The van der Waals surface area contributed by atoms with Crippen LogP contribution in [0.25, 0.3) is 11.1 Å². The van der Waals surface area contributed by atoms with Crippen LogP contribution in [0.5, 0.6) is 0 Å². The number of hydrogen-bond acceptors (Lipinski definition) is 3. The lowest BCUT2D eigenvalue weighted by molar-refractivity contribution is -0.118. The molecule has 0 aliphatic rings. The smallest absolute Gasteiger partial charge is 0.219 e. The van der Waals surface area contributed by atoms with Crippen LogP contribution in [0.2, 0.25) is 0 Å². The van der Waals surface area contributed by atoms with Gasteiger partial charge in [0.2, 0.25) is 5.91 Å². The summed E-state index contributed by atoms with van der Waals surface area (Å²) in [4.78, 5) is 10.9. The largest absolute Gasteiger partial charge is 0.392 e. The predicted molar refractivity (Wildman–Crippen MR) is 76.9 cm³/mol. The van der Waals surface area contributed by atoms with E-state index < -0.39 is 0 Å². The van der Waals surface area contributed by atoms with Crippen LogP contribution in [-0.4, -0.2) is 20.8 Å². The lowest BCUT2D eigenvalue weighted by Crippen LogP contribution is -2.15. The van der Waals surface area contributed by atoms with E-state index in [2.05, 4.69) is 5.10 Å². The second-order valence-electron chi connectivity index (χ2n) is 4.84. The average molecular weight is 273 g/mol. The van der Waals surface area contributed by atoms with Gasteiger partial charge in [-0.3, -0.25) is 9.48 Å². The van der Waals surface area contributed by atoms with Crippen LogP contribution in [0.1, 0.15) is 23.4 Å². The molecule has 0 aliphatic heterocycles. The van der Waals surface area contributed by atoms with Crippen LogP contribution < -0.4 is 5.73 Å². The first-order chi connectivity index (χ1) is 9.52. The molecule has 0 atom stereocenters. The van der Waals surface area contributed by atoms with Gasteiger partial charge in [-0.1, -0.05) is 18.2 Å². The highest BCUT2D eigenvalue weighted by Crippen LogP contribution is 2.27. The lowest BCUT2D eigenvalue weighted by atomic mass is 10.0. The molecule has 0 aliphatic carbocycles. The summed E-state index contributed by atoms with van der Waals surface area (Å²) in [6, 6.07) is 7.75. The number of nitrogens with zero attached hydrogens (tertiary/aromatic N) is 2. The van der Waals surface area contributed by atoms with Gasteiger partial charge in [-0.25, -0.2) is 0 Å². The molecule has 2 rings (SSSR count). The van der Waals surface area contributed by atoms with Gasteiger partial charge in [-0.2, -0.15) is 5.10 Å². The monoisotopic (exact) mass is 273 g/mol. The molecule has 20 heavy (non-hydrogen) atoms. The topological polar surface area (TPSA) is 81.1 Å². The number of rotatable bonds is 5. The van der Waals surface area contributed by atoms with Gasteiger partial charge in [-0.15, -0.1) is 0 Å². The Labute approximate surface area is 118 Å². The first-order valence-corrected chi connectivity index (χ1v) is 6.55. The number of aliphatic hydroxyl groups excluding tert-OH is 1.